The van der Waals surface area contributed by atoms with Crippen molar-refractivity contribution in [3.63, 3.8) is 0 Å². The zero-order valence-corrected chi connectivity index (χ0v) is 13.0. The summed E-state index contributed by atoms with van der Waals surface area (Å²) < 4.78 is 19.0. The second-order valence-corrected chi connectivity index (χ2v) is 5.77. The lowest BCUT2D eigenvalue weighted by Gasteiger charge is -2.13. The van der Waals surface area contributed by atoms with Crippen molar-refractivity contribution in [1.29, 1.82) is 0 Å². The van der Waals surface area contributed by atoms with Crippen LogP contribution in [0.1, 0.15) is 19.4 Å². The monoisotopic (exact) mass is 307 g/mol. The summed E-state index contributed by atoms with van der Waals surface area (Å²) >= 11 is 6.04. The predicted molar refractivity (Wildman–Crippen MR) is 84.5 cm³/mol. The molecule has 0 aromatic heterocycles. The highest BCUT2D eigenvalue weighted by Gasteiger charge is 2.07. The van der Waals surface area contributed by atoms with Crippen LogP contribution in [-0.4, -0.2) is 6.54 Å². The van der Waals surface area contributed by atoms with Crippen molar-refractivity contribution >= 4 is 11.6 Å². The Labute approximate surface area is 129 Å². The summed E-state index contributed by atoms with van der Waals surface area (Å²) in [5.74, 6) is 1.40. The average Bonchev–Trinajstić information content (AvgIpc) is 2.41. The maximum atomic E-state index is 13.2. The Balaban J connectivity index is 2.14. The molecule has 21 heavy (non-hydrogen) atoms. The van der Waals surface area contributed by atoms with E-state index in [2.05, 4.69) is 19.2 Å². The Hall–Kier alpha value is -1.58. The molecule has 0 bridgehead atoms. The van der Waals surface area contributed by atoms with Crippen molar-refractivity contribution in [2.24, 2.45) is 5.92 Å². The number of nitrogens with one attached hydrogen (secondary N) is 1. The minimum absolute atomic E-state index is 0.319. The fraction of sp³-hybridized carbons (Fsp3) is 0.294. The zero-order valence-electron chi connectivity index (χ0n) is 12.2. The van der Waals surface area contributed by atoms with Crippen molar-refractivity contribution in [2.75, 3.05) is 6.54 Å². The number of ether oxygens (including phenoxy) is 1. The summed E-state index contributed by atoms with van der Waals surface area (Å²) in [7, 11) is 0. The number of halogens is 2. The largest absolute Gasteiger partial charge is 0.457 e. The fourth-order valence-electron chi connectivity index (χ4n) is 1.94. The molecule has 0 saturated carbocycles. The zero-order chi connectivity index (χ0) is 15.2. The van der Waals surface area contributed by atoms with Crippen LogP contribution in [-0.2, 0) is 6.54 Å². The van der Waals surface area contributed by atoms with E-state index < -0.39 is 0 Å². The Bertz CT molecular complexity index is 601. The van der Waals surface area contributed by atoms with Gasteiger partial charge >= 0.3 is 0 Å². The number of hydrogen-bond donors (Lipinski definition) is 1. The lowest BCUT2D eigenvalue weighted by atomic mass is 10.1. The quantitative estimate of drug-likeness (QED) is 0.809. The summed E-state index contributed by atoms with van der Waals surface area (Å²) in [4.78, 5) is 0. The van der Waals surface area contributed by atoms with Crippen molar-refractivity contribution in [3.05, 3.63) is 58.9 Å². The molecule has 2 aromatic rings. The van der Waals surface area contributed by atoms with Crippen molar-refractivity contribution < 1.29 is 9.13 Å². The molecule has 2 rings (SSSR count). The summed E-state index contributed by atoms with van der Waals surface area (Å²) in [6.07, 6.45) is 0. The van der Waals surface area contributed by atoms with Gasteiger partial charge in [0.15, 0.2) is 0 Å². The molecule has 0 aliphatic heterocycles. The van der Waals surface area contributed by atoms with Gasteiger partial charge in [0.25, 0.3) is 0 Å². The van der Waals surface area contributed by atoms with E-state index in [1.54, 1.807) is 24.3 Å². The van der Waals surface area contributed by atoms with E-state index in [0.29, 0.717) is 29.0 Å². The van der Waals surface area contributed by atoms with Crippen LogP contribution in [0.5, 0.6) is 11.5 Å². The molecule has 0 saturated heterocycles. The Morgan fingerprint density at radius 1 is 1.19 bits per heavy atom. The number of rotatable bonds is 6. The van der Waals surface area contributed by atoms with E-state index in [9.17, 15) is 4.39 Å². The Kier molecular flexibility index (Phi) is 5.59. The van der Waals surface area contributed by atoms with Crippen LogP contribution in [0.15, 0.2) is 42.5 Å². The first-order valence-corrected chi connectivity index (χ1v) is 7.35. The van der Waals surface area contributed by atoms with Crippen LogP contribution in [0.2, 0.25) is 5.02 Å². The number of benzene rings is 2. The minimum atomic E-state index is -0.319. The molecular formula is C17H19ClFNO. The molecule has 0 fully saturated rings. The van der Waals surface area contributed by atoms with Gasteiger partial charge in [-0.05, 0) is 42.8 Å². The van der Waals surface area contributed by atoms with Gasteiger partial charge in [-0.1, -0.05) is 31.5 Å². The summed E-state index contributed by atoms with van der Waals surface area (Å²) in [6.45, 7) is 5.86. The third kappa shape index (κ3) is 5.03. The smallest absolute Gasteiger partial charge is 0.132 e. The third-order valence-electron chi connectivity index (χ3n) is 2.91. The summed E-state index contributed by atoms with van der Waals surface area (Å²) in [6, 6.07) is 11.5. The molecule has 4 heteroatoms. The molecule has 2 nitrogen and oxygen atoms in total. The van der Waals surface area contributed by atoms with Gasteiger partial charge < -0.3 is 10.1 Å². The standard InChI is InChI=1S/C17H19ClFNO/c1-12(2)10-20-11-13-8-14(18)6-7-17(13)21-16-5-3-4-15(19)9-16/h3-9,12,20H,10-11H2,1-2H3. The van der Waals surface area contributed by atoms with E-state index >= 15 is 0 Å². The van der Waals surface area contributed by atoms with Crippen LogP contribution in [0, 0.1) is 11.7 Å². The normalized spacial score (nSPS) is 10.9. The number of hydrogen-bond acceptors (Lipinski definition) is 2. The first-order chi connectivity index (χ1) is 10.0. The van der Waals surface area contributed by atoms with Crippen molar-refractivity contribution in [1.82, 2.24) is 5.32 Å². The highest BCUT2D eigenvalue weighted by Crippen LogP contribution is 2.28. The highest BCUT2D eigenvalue weighted by molar-refractivity contribution is 6.30. The Morgan fingerprint density at radius 2 is 2.00 bits per heavy atom. The SMILES string of the molecule is CC(C)CNCc1cc(Cl)ccc1Oc1cccc(F)c1. The maximum absolute atomic E-state index is 13.2. The molecule has 2 aromatic carbocycles. The van der Waals surface area contributed by atoms with Gasteiger partial charge in [0.05, 0.1) is 0 Å². The topological polar surface area (TPSA) is 21.3 Å². The van der Waals surface area contributed by atoms with Crippen molar-refractivity contribution in [3.8, 4) is 11.5 Å². The second-order valence-electron chi connectivity index (χ2n) is 5.34. The van der Waals surface area contributed by atoms with E-state index in [0.717, 1.165) is 12.1 Å². The molecule has 0 atom stereocenters. The first kappa shape index (κ1) is 15.8. The van der Waals surface area contributed by atoms with Gasteiger partial charge in [0, 0.05) is 23.2 Å². The van der Waals surface area contributed by atoms with E-state index in [1.807, 2.05) is 6.07 Å². The van der Waals surface area contributed by atoms with Crippen LogP contribution in [0.3, 0.4) is 0 Å². The molecule has 0 spiro atoms. The predicted octanol–water partition coefficient (Wildman–Crippen LogP) is 5.02. The van der Waals surface area contributed by atoms with Crippen LogP contribution >= 0.6 is 11.6 Å². The Morgan fingerprint density at radius 3 is 2.71 bits per heavy atom. The molecular weight excluding hydrogens is 289 g/mol. The van der Waals surface area contributed by atoms with E-state index in [-0.39, 0.29) is 5.82 Å². The van der Waals surface area contributed by atoms with Crippen molar-refractivity contribution in [2.45, 2.75) is 20.4 Å². The molecule has 0 heterocycles. The van der Waals surface area contributed by atoms with Gasteiger partial charge in [-0.25, -0.2) is 4.39 Å². The van der Waals surface area contributed by atoms with Gasteiger partial charge in [-0.3, -0.25) is 0 Å². The van der Waals surface area contributed by atoms with Gasteiger partial charge in [0.1, 0.15) is 17.3 Å². The molecule has 0 unspecified atom stereocenters. The lowest BCUT2D eigenvalue weighted by molar-refractivity contribution is 0.464. The van der Waals surface area contributed by atoms with Gasteiger partial charge in [-0.15, -0.1) is 0 Å². The third-order valence-corrected chi connectivity index (χ3v) is 3.15. The van der Waals surface area contributed by atoms with E-state index in [1.165, 1.54) is 12.1 Å². The molecule has 1 N–H and O–H groups in total. The molecule has 0 aliphatic carbocycles. The van der Waals surface area contributed by atoms with Crippen LogP contribution in [0.25, 0.3) is 0 Å². The lowest BCUT2D eigenvalue weighted by Crippen LogP contribution is -2.19. The fourth-order valence-corrected chi connectivity index (χ4v) is 2.13. The summed E-state index contributed by atoms with van der Waals surface area (Å²) in [5.41, 5.74) is 0.951. The molecule has 112 valence electrons. The van der Waals surface area contributed by atoms with Gasteiger partial charge in [-0.2, -0.15) is 0 Å². The van der Waals surface area contributed by atoms with E-state index in [4.69, 9.17) is 16.3 Å². The molecule has 0 amide bonds. The van der Waals surface area contributed by atoms with Gasteiger partial charge in [0.2, 0.25) is 0 Å². The van der Waals surface area contributed by atoms with Crippen LogP contribution in [0.4, 0.5) is 4.39 Å². The minimum Gasteiger partial charge on any atom is -0.457 e. The second kappa shape index (κ2) is 7.43. The van der Waals surface area contributed by atoms with Crippen LogP contribution < -0.4 is 10.1 Å². The molecule has 0 aliphatic rings. The maximum Gasteiger partial charge on any atom is 0.132 e. The molecule has 0 radical (unpaired) electrons. The first-order valence-electron chi connectivity index (χ1n) is 6.97. The summed E-state index contributed by atoms with van der Waals surface area (Å²) in [5, 5.41) is 4.01. The average molecular weight is 308 g/mol. The highest BCUT2D eigenvalue weighted by atomic mass is 35.5.